The Morgan fingerprint density at radius 2 is 2.14 bits per heavy atom. The van der Waals surface area contributed by atoms with Gasteiger partial charge in [-0.3, -0.25) is 0 Å². The smallest absolute Gasteiger partial charge is 0.170 e. The van der Waals surface area contributed by atoms with E-state index in [1.54, 1.807) is 25.1 Å². The summed E-state index contributed by atoms with van der Waals surface area (Å²) in [6.45, 7) is 1.79. The largest absolute Gasteiger partial charge is 0.356 e. The zero-order valence-electron chi connectivity index (χ0n) is 7.42. The van der Waals surface area contributed by atoms with Gasteiger partial charge in [-0.1, -0.05) is 21.1 Å². The Balaban J connectivity index is 2.55. The number of benzene rings is 1. The maximum Gasteiger partial charge on any atom is 0.170 e. The van der Waals surface area contributed by atoms with Crippen molar-refractivity contribution in [1.82, 2.24) is 5.16 Å². The molecule has 0 unspecified atom stereocenters. The van der Waals surface area contributed by atoms with Crippen molar-refractivity contribution in [2.24, 2.45) is 0 Å². The van der Waals surface area contributed by atoms with E-state index < -0.39 is 0 Å². The van der Waals surface area contributed by atoms with Crippen molar-refractivity contribution < 1.29 is 8.91 Å². The minimum Gasteiger partial charge on any atom is -0.356 e. The molecule has 0 bridgehead atoms. The third-order valence-electron chi connectivity index (χ3n) is 1.82. The number of aryl methyl sites for hydroxylation is 1. The van der Waals surface area contributed by atoms with Crippen molar-refractivity contribution >= 4 is 15.9 Å². The van der Waals surface area contributed by atoms with Crippen LogP contribution in [-0.4, -0.2) is 5.16 Å². The third-order valence-corrected chi connectivity index (χ3v) is 2.32. The highest BCUT2D eigenvalue weighted by Gasteiger charge is 2.10. The van der Waals surface area contributed by atoms with Crippen LogP contribution in [0.15, 0.2) is 33.3 Å². The predicted molar refractivity (Wildman–Crippen MR) is 54.3 cm³/mol. The van der Waals surface area contributed by atoms with E-state index in [-0.39, 0.29) is 5.82 Å². The van der Waals surface area contributed by atoms with Crippen LogP contribution in [-0.2, 0) is 0 Å². The van der Waals surface area contributed by atoms with Crippen LogP contribution in [0.25, 0.3) is 11.3 Å². The Morgan fingerprint density at radius 3 is 2.79 bits per heavy atom. The highest BCUT2D eigenvalue weighted by atomic mass is 79.9. The van der Waals surface area contributed by atoms with Crippen molar-refractivity contribution in [2.75, 3.05) is 0 Å². The van der Waals surface area contributed by atoms with Crippen LogP contribution >= 0.6 is 15.9 Å². The predicted octanol–water partition coefficient (Wildman–Crippen LogP) is 3.55. The quantitative estimate of drug-likeness (QED) is 0.779. The Kier molecular flexibility index (Phi) is 2.37. The van der Waals surface area contributed by atoms with E-state index in [9.17, 15) is 4.39 Å². The molecule has 4 heteroatoms. The van der Waals surface area contributed by atoms with Crippen LogP contribution in [0.3, 0.4) is 0 Å². The Labute approximate surface area is 88.9 Å². The standard InChI is InChI=1S/C10H7BrFNO/c1-6-4-10(14-13-6)8-5-7(11)2-3-9(8)12/h2-5H,1H3. The lowest BCUT2D eigenvalue weighted by atomic mass is 10.1. The maximum absolute atomic E-state index is 13.4. The molecule has 72 valence electrons. The van der Waals surface area contributed by atoms with Crippen LogP contribution < -0.4 is 0 Å². The molecule has 0 radical (unpaired) electrons. The molecule has 0 aliphatic rings. The van der Waals surface area contributed by atoms with Crippen LogP contribution in [0.1, 0.15) is 5.69 Å². The van der Waals surface area contributed by atoms with Crippen LogP contribution in [0.4, 0.5) is 4.39 Å². The SMILES string of the molecule is Cc1cc(-c2cc(Br)ccc2F)on1. The molecular formula is C10H7BrFNO. The van der Waals surface area contributed by atoms with Gasteiger partial charge in [0.1, 0.15) is 5.82 Å². The van der Waals surface area contributed by atoms with Gasteiger partial charge >= 0.3 is 0 Å². The molecule has 1 aromatic carbocycles. The Hall–Kier alpha value is -1.16. The normalized spacial score (nSPS) is 10.5. The second kappa shape index (κ2) is 3.53. The molecule has 1 aromatic heterocycles. The first-order valence-electron chi connectivity index (χ1n) is 4.05. The van der Waals surface area contributed by atoms with Crippen molar-refractivity contribution in [2.45, 2.75) is 6.92 Å². The fourth-order valence-electron chi connectivity index (χ4n) is 1.18. The van der Waals surface area contributed by atoms with E-state index in [1.807, 2.05) is 0 Å². The van der Waals surface area contributed by atoms with Crippen LogP contribution in [0.2, 0.25) is 0 Å². The number of rotatable bonds is 1. The molecule has 0 N–H and O–H groups in total. The second-order valence-electron chi connectivity index (χ2n) is 2.96. The number of hydrogen-bond donors (Lipinski definition) is 0. The van der Waals surface area contributed by atoms with Gasteiger partial charge in [0.05, 0.1) is 11.3 Å². The molecule has 0 spiro atoms. The van der Waals surface area contributed by atoms with Crippen molar-refractivity contribution in [3.8, 4) is 11.3 Å². The molecule has 2 aromatic rings. The summed E-state index contributed by atoms with van der Waals surface area (Å²) in [5, 5.41) is 3.71. The van der Waals surface area contributed by atoms with E-state index in [1.165, 1.54) is 6.07 Å². The monoisotopic (exact) mass is 255 g/mol. The molecule has 0 saturated carbocycles. The minimum atomic E-state index is -0.315. The molecule has 0 saturated heterocycles. The zero-order chi connectivity index (χ0) is 10.1. The number of hydrogen-bond acceptors (Lipinski definition) is 2. The summed E-state index contributed by atoms with van der Waals surface area (Å²) in [4.78, 5) is 0. The highest BCUT2D eigenvalue weighted by molar-refractivity contribution is 9.10. The average molecular weight is 256 g/mol. The third kappa shape index (κ3) is 1.70. The van der Waals surface area contributed by atoms with Gasteiger partial charge < -0.3 is 4.52 Å². The lowest BCUT2D eigenvalue weighted by Crippen LogP contribution is -1.81. The molecular weight excluding hydrogens is 249 g/mol. The average Bonchev–Trinajstić information content (AvgIpc) is 2.56. The molecule has 14 heavy (non-hydrogen) atoms. The van der Waals surface area contributed by atoms with E-state index in [0.717, 1.165) is 10.2 Å². The molecule has 0 aliphatic carbocycles. The summed E-state index contributed by atoms with van der Waals surface area (Å²) >= 11 is 3.27. The topological polar surface area (TPSA) is 26.0 Å². The van der Waals surface area contributed by atoms with Crippen molar-refractivity contribution in [3.63, 3.8) is 0 Å². The van der Waals surface area contributed by atoms with Gasteiger partial charge in [0, 0.05) is 10.5 Å². The van der Waals surface area contributed by atoms with Gasteiger partial charge in [0.2, 0.25) is 0 Å². The molecule has 0 fully saturated rings. The first-order chi connectivity index (χ1) is 6.66. The Bertz CT molecular complexity index is 467. The van der Waals surface area contributed by atoms with Crippen LogP contribution in [0, 0.1) is 12.7 Å². The van der Waals surface area contributed by atoms with Gasteiger partial charge in [-0.05, 0) is 25.1 Å². The number of aromatic nitrogens is 1. The maximum atomic E-state index is 13.4. The summed E-state index contributed by atoms with van der Waals surface area (Å²) in [5.41, 5.74) is 1.15. The lowest BCUT2D eigenvalue weighted by Gasteiger charge is -1.98. The summed E-state index contributed by atoms with van der Waals surface area (Å²) in [7, 11) is 0. The second-order valence-corrected chi connectivity index (χ2v) is 3.87. The van der Waals surface area contributed by atoms with E-state index in [2.05, 4.69) is 21.1 Å². The first-order valence-corrected chi connectivity index (χ1v) is 4.85. The fourth-order valence-corrected chi connectivity index (χ4v) is 1.54. The Morgan fingerprint density at radius 1 is 1.36 bits per heavy atom. The molecule has 2 rings (SSSR count). The molecule has 1 heterocycles. The van der Waals surface area contributed by atoms with Crippen LogP contribution in [0.5, 0.6) is 0 Å². The highest BCUT2D eigenvalue weighted by Crippen LogP contribution is 2.26. The van der Waals surface area contributed by atoms with E-state index in [4.69, 9.17) is 4.52 Å². The molecule has 2 nitrogen and oxygen atoms in total. The minimum absolute atomic E-state index is 0.315. The summed E-state index contributed by atoms with van der Waals surface area (Å²) < 4.78 is 19.1. The summed E-state index contributed by atoms with van der Waals surface area (Å²) in [6, 6.07) is 6.39. The van der Waals surface area contributed by atoms with Gasteiger partial charge in [-0.25, -0.2) is 4.39 Å². The first kappa shape index (κ1) is 9.40. The molecule has 0 atom stereocenters. The molecule has 0 aliphatic heterocycles. The number of halogens is 2. The lowest BCUT2D eigenvalue weighted by molar-refractivity contribution is 0.425. The van der Waals surface area contributed by atoms with E-state index >= 15 is 0 Å². The van der Waals surface area contributed by atoms with Crippen molar-refractivity contribution in [3.05, 3.63) is 40.2 Å². The molecule has 0 amide bonds. The van der Waals surface area contributed by atoms with Gasteiger partial charge in [0.15, 0.2) is 5.76 Å². The summed E-state index contributed by atoms with van der Waals surface area (Å²) in [6.07, 6.45) is 0. The van der Waals surface area contributed by atoms with Gasteiger partial charge in [-0.2, -0.15) is 0 Å². The van der Waals surface area contributed by atoms with Gasteiger partial charge in [-0.15, -0.1) is 0 Å². The fraction of sp³-hybridized carbons (Fsp3) is 0.100. The zero-order valence-corrected chi connectivity index (χ0v) is 9.01. The van der Waals surface area contributed by atoms with Gasteiger partial charge in [0.25, 0.3) is 0 Å². The van der Waals surface area contributed by atoms with Crippen molar-refractivity contribution in [1.29, 1.82) is 0 Å². The number of nitrogens with zero attached hydrogens (tertiary/aromatic N) is 1. The summed E-state index contributed by atoms with van der Waals surface area (Å²) in [5.74, 6) is 0.130. The van der Waals surface area contributed by atoms with E-state index in [0.29, 0.717) is 11.3 Å².